The number of halogens is 1. The van der Waals surface area contributed by atoms with Gasteiger partial charge >= 0.3 is 6.09 Å². The van der Waals surface area contributed by atoms with Crippen molar-refractivity contribution >= 4 is 29.2 Å². The fraction of sp³-hybridized carbons (Fsp3) is 0.480. The van der Waals surface area contributed by atoms with Gasteiger partial charge in [-0.2, -0.15) is 5.26 Å². The second kappa shape index (κ2) is 11.6. The van der Waals surface area contributed by atoms with Gasteiger partial charge in [0, 0.05) is 23.3 Å². The SMILES string of the molecule is CCC[C@@H](Nc1nc(Nc2cnc(C)c(C(C)=O)c2)c(C#N)cc1F)[C@H](C)NC(=O)OC(C)(C)C. The molecule has 0 spiro atoms. The number of aromatic nitrogens is 2. The molecule has 0 radical (unpaired) electrons. The first kappa shape index (κ1) is 27.5. The van der Waals surface area contributed by atoms with Gasteiger partial charge in [0.05, 0.1) is 17.4 Å². The summed E-state index contributed by atoms with van der Waals surface area (Å²) < 4.78 is 20.2. The van der Waals surface area contributed by atoms with E-state index in [9.17, 15) is 19.2 Å². The third-order valence-electron chi connectivity index (χ3n) is 5.10. The van der Waals surface area contributed by atoms with Crippen LogP contribution in [0.15, 0.2) is 18.3 Å². The number of Topliss-reactive ketones (excluding diaryl/α,β-unsaturated/α-hetero) is 1. The maximum Gasteiger partial charge on any atom is 0.407 e. The zero-order chi connectivity index (χ0) is 26.3. The zero-order valence-corrected chi connectivity index (χ0v) is 21.2. The van der Waals surface area contributed by atoms with E-state index < -0.39 is 23.6 Å². The fourth-order valence-electron chi connectivity index (χ4n) is 3.39. The first-order valence-corrected chi connectivity index (χ1v) is 11.5. The second-order valence-electron chi connectivity index (χ2n) is 9.34. The lowest BCUT2D eigenvalue weighted by atomic mass is 10.0. The Hall–Kier alpha value is -3.74. The highest BCUT2D eigenvalue weighted by Gasteiger charge is 2.24. The van der Waals surface area contributed by atoms with Crippen molar-refractivity contribution in [3.05, 3.63) is 41.0 Å². The highest BCUT2D eigenvalue weighted by Crippen LogP contribution is 2.25. The normalized spacial score (nSPS) is 12.8. The molecule has 0 saturated carbocycles. The molecule has 2 heterocycles. The minimum Gasteiger partial charge on any atom is -0.444 e. The van der Waals surface area contributed by atoms with Crippen LogP contribution in [0.2, 0.25) is 0 Å². The van der Waals surface area contributed by atoms with Crippen LogP contribution in [0.25, 0.3) is 0 Å². The Morgan fingerprint density at radius 2 is 1.94 bits per heavy atom. The summed E-state index contributed by atoms with van der Waals surface area (Å²) in [4.78, 5) is 32.6. The standard InChI is InChI=1S/C25H33FN6O3/c1-8-9-21(15(3)29-24(34)35-25(5,6)7)31-23-20(26)10-17(12-27)22(32-23)30-18-11-19(16(4)33)14(2)28-13-18/h10-11,13,15,21H,8-9H2,1-7H3,(H,29,34)(H2,30,31,32)/t15-,21+/m0/s1. The number of pyridine rings is 2. The molecule has 0 unspecified atom stereocenters. The van der Waals surface area contributed by atoms with E-state index in [0.717, 1.165) is 12.5 Å². The van der Waals surface area contributed by atoms with E-state index in [4.69, 9.17) is 4.74 Å². The molecule has 2 rings (SSSR count). The molecule has 10 heteroatoms. The van der Waals surface area contributed by atoms with Crippen molar-refractivity contribution in [2.45, 2.75) is 79.0 Å². The first-order chi connectivity index (χ1) is 16.3. The Bertz CT molecular complexity index is 1120. The maximum absolute atomic E-state index is 14.9. The number of ketones is 1. The monoisotopic (exact) mass is 484 g/mol. The molecule has 0 aliphatic heterocycles. The number of alkyl carbamates (subject to hydrolysis) is 1. The third kappa shape index (κ3) is 7.91. The number of hydrogen-bond donors (Lipinski definition) is 3. The number of carbonyl (C=O) groups excluding carboxylic acids is 2. The van der Waals surface area contributed by atoms with Crippen molar-refractivity contribution in [3.63, 3.8) is 0 Å². The molecule has 2 atom stereocenters. The number of hydrogen-bond acceptors (Lipinski definition) is 8. The smallest absolute Gasteiger partial charge is 0.407 e. The highest BCUT2D eigenvalue weighted by atomic mass is 19.1. The van der Waals surface area contributed by atoms with Crippen LogP contribution in [0.1, 0.15) is 76.0 Å². The summed E-state index contributed by atoms with van der Waals surface area (Å²) in [6, 6.07) is 3.85. The van der Waals surface area contributed by atoms with E-state index in [0.29, 0.717) is 23.4 Å². The molecular weight excluding hydrogens is 451 g/mol. The van der Waals surface area contributed by atoms with E-state index in [-0.39, 0.29) is 29.0 Å². The van der Waals surface area contributed by atoms with Gasteiger partial charge in [-0.25, -0.2) is 14.2 Å². The summed E-state index contributed by atoms with van der Waals surface area (Å²) in [5, 5.41) is 18.3. The van der Waals surface area contributed by atoms with E-state index in [1.165, 1.54) is 13.1 Å². The highest BCUT2D eigenvalue weighted by molar-refractivity contribution is 5.96. The van der Waals surface area contributed by atoms with Gasteiger partial charge in [-0.05, 0) is 60.1 Å². The summed E-state index contributed by atoms with van der Waals surface area (Å²) in [5.74, 6) is -0.819. The molecule has 0 aliphatic carbocycles. The number of aryl methyl sites for hydroxylation is 1. The maximum atomic E-state index is 14.9. The van der Waals surface area contributed by atoms with E-state index in [2.05, 4.69) is 25.9 Å². The Morgan fingerprint density at radius 1 is 1.26 bits per heavy atom. The average molecular weight is 485 g/mol. The third-order valence-corrected chi connectivity index (χ3v) is 5.10. The minimum absolute atomic E-state index is 0.00929. The number of rotatable bonds is 9. The Balaban J connectivity index is 2.32. The minimum atomic E-state index is -0.705. The lowest BCUT2D eigenvalue weighted by Crippen LogP contribution is -2.46. The van der Waals surface area contributed by atoms with Crippen LogP contribution in [-0.4, -0.2) is 39.5 Å². The molecule has 9 nitrogen and oxygen atoms in total. The molecule has 35 heavy (non-hydrogen) atoms. The molecule has 1 amide bonds. The molecule has 0 aromatic carbocycles. The van der Waals surface area contributed by atoms with Crippen LogP contribution in [0.4, 0.5) is 26.5 Å². The molecule has 0 saturated heterocycles. The summed E-state index contributed by atoms with van der Waals surface area (Å²) >= 11 is 0. The van der Waals surface area contributed by atoms with Crippen molar-refractivity contribution in [1.82, 2.24) is 15.3 Å². The number of nitrogens with zero attached hydrogens (tertiary/aromatic N) is 3. The molecule has 188 valence electrons. The Kier molecular flexibility index (Phi) is 9.12. The number of carbonyl (C=O) groups is 2. The lowest BCUT2D eigenvalue weighted by molar-refractivity contribution is 0.0502. The molecule has 3 N–H and O–H groups in total. The van der Waals surface area contributed by atoms with E-state index >= 15 is 0 Å². The van der Waals surface area contributed by atoms with Crippen molar-refractivity contribution < 1.29 is 18.7 Å². The Labute approximate surface area is 205 Å². The van der Waals surface area contributed by atoms with Crippen LogP contribution in [0, 0.1) is 24.1 Å². The Morgan fingerprint density at radius 3 is 2.51 bits per heavy atom. The van der Waals surface area contributed by atoms with Crippen LogP contribution in [0.3, 0.4) is 0 Å². The molecular formula is C25H33FN6O3. The number of anilines is 3. The van der Waals surface area contributed by atoms with Crippen molar-refractivity contribution in [2.24, 2.45) is 0 Å². The van der Waals surface area contributed by atoms with Gasteiger partial charge in [-0.1, -0.05) is 13.3 Å². The van der Waals surface area contributed by atoms with Crippen LogP contribution in [-0.2, 0) is 4.74 Å². The van der Waals surface area contributed by atoms with Gasteiger partial charge in [-0.3, -0.25) is 9.78 Å². The molecule has 2 aromatic heterocycles. The van der Waals surface area contributed by atoms with Gasteiger partial charge in [0.2, 0.25) is 0 Å². The lowest BCUT2D eigenvalue weighted by Gasteiger charge is -2.28. The number of nitrogens with one attached hydrogen (secondary N) is 3. The van der Waals surface area contributed by atoms with E-state index in [1.807, 2.05) is 13.0 Å². The van der Waals surface area contributed by atoms with E-state index in [1.54, 1.807) is 40.7 Å². The van der Waals surface area contributed by atoms with Crippen LogP contribution in [0.5, 0.6) is 0 Å². The van der Waals surface area contributed by atoms with Crippen molar-refractivity contribution in [2.75, 3.05) is 10.6 Å². The quantitative estimate of drug-likeness (QED) is 0.412. The zero-order valence-electron chi connectivity index (χ0n) is 21.2. The molecule has 0 fully saturated rings. The van der Waals surface area contributed by atoms with Crippen LogP contribution >= 0.6 is 0 Å². The molecule has 0 aliphatic rings. The van der Waals surface area contributed by atoms with Gasteiger partial charge in [0.25, 0.3) is 0 Å². The van der Waals surface area contributed by atoms with Gasteiger partial charge in [-0.15, -0.1) is 0 Å². The van der Waals surface area contributed by atoms with Crippen molar-refractivity contribution in [3.8, 4) is 6.07 Å². The molecule has 2 aromatic rings. The number of amides is 1. The molecule has 0 bridgehead atoms. The largest absolute Gasteiger partial charge is 0.444 e. The predicted octanol–water partition coefficient (Wildman–Crippen LogP) is 5.24. The summed E-state index contributed by atoms with van der Waals surface area (Å²) in [7, 11) is 0. The fourth-order valence-corrected chi connectivity index (χ4v) is 3.39. The van der Waals surface area contributed by atoms with Gasteiger partial charge in [0.1, 0.15) is 11.7 Å². The summed E-state index contributed by atoms with van der Waals surface area (Å²) in [6.07, 6.45) is 2.32. The van der Waals surface area contributed by atoms with Crippen molar-refractivity contribution in [1.29, 1.82) is 5.26 Å². The van der Waals surface area contributed by atoms with Crippen LogP contribution < -0.4 is 16.0 Å². The summed E-state index contributed by atoms with van der Waals surface area (Å²) in [5.41, 5.74) is 0.787. The first-order valence-electron chi connectivity index (χ1n) is 11.5. The summed E-state index contributed by atoms with van der Waals surface area (Å²) in [6.45, 7) is 12.2. The predicted molar refractivity (Wildman–Crippen MR) is 132 cm³/mol. The second-order valence-corrected chi connectivity index (χ2v) is 9.34. The average Bonchev–Trinajstić information content (AvgIpc) is 2.74. The number of ether oxygens (including phenoxy) is 1. The van der Waals surface area contributed by atoms with Gasteiger partial charge in [0.15, 0.2) is 23.2 Å². The topological polar surface area (TPSA) is 129 Å². The number of nitriles is 1. The van der Waals surface area contributed by atoms with Gasteiger partial charge < -0.3 is 20.7 Å².